The van der Waals surface area contributed by atoms with E-state index < -0.39 is 0 Å². The van der Waals surface area contributed by atoms with Gasteiger partial charge in [-0.2, -0.15) is 0 Å². The molecule has 0 N–H and O–H groups in total. The van der Waals surface area contributed by atoms with Crippen molar-refractivity contribution in [3.8, 4) is 0 Å². The van der Waals surface area contributed by atoms with Crippen molar-refractivity contribution < 1.29 is 19.1 Å². The summed E-state index contributed by atoms with van der Waals surface area (Å²) in [6.07, 6.45) is 15.0. The summed E-state index contributed by atoms with van der Waals surface area (Å²) >= 11 is 0. The van der Waals surface area contributed by atoms with Crippen molar-refractivity contribution in [2.75, 3.05) is 13.2 Å². The minimum atomic E-state index is -0.245. The Labute approximate surface area is 152 Å². The number of cyclic esters (lactones) is 2. The summed E-state index contributed by atoms with van der Waals surface area (Å²) in [6.45, 7) is 1.02. The molecule has 142 valence electrons. The van der Waals surface area contributed by atoms with E-state index in [1.54, 1.807) is 0 Å². The molecule has 25 heavy (non-hydrogen) atoms. The lowest BCUT2D eigenvalue weighted by molar-refractivity contribution is -0.163. The third-order valence-electron chi connectivity index (χ3n) is 6.49. The highest BCUT2D eigenvalue weighted by molar-refractivity contribution is 5.83. The van der Waals surface area contributed by atoms with Gasteiger partial charge in [-0.25, -0.2) is 0 Å². The molecule has 2 bridgehead atoms. The van der Waals surface area contributed by atoms with Crippen molar-refractivity contribution in [2.45, 2.75) is 83.5 Å². The van der Waals surface area contributed by atoms with Gasteiger partial charge in [-0.15, -0.1) is 0 Å². The molecule has 2 saturated carbocycles. The maximum atomic E-state index is 12.6. The number of carbonyl (C=O) groups excluding carboxylic acids is 2. The molecule has 4 unspecified atom stereocenters. The molecule has 1 aliphatic heterocycles. The van der Waals surface area contributed by atoms with Crippen LogP contribution in [0.15, 0.2) is 0 Å². The van der Waals surface area contributed by atoms with Crippen molar-refractivity contribution >= 4 is 11.9 Å². The van der Waals surface area contributed by atoms with Gasteiger partial charge in [-0.3, -0.25) is 9.59 Å². The number of rotatable bonds is 0. The average molecular weight is 350 g/mol. The van der Waals surface area contributed by atoms with Crippen LogP contribution in [0.3, 0.4) is 0 Å². The van der Waals surface area contributed by atoms with Crippen LogP contribution in [0.4, 0.5) is 0 Å². The van der Waals surface area contributed by atoms with Gasteiger partial charge in [-0.05, 0) is 43.9 Å². The molecule has 4 atom stereocenters. The van der Waals surface area contributed by atoms with Crippen molar-refractivity contribution in [1.29, 1.82) is 0 Å². The number of esters is 2. The molecular formula is C21H34O4. The maximum absolute atomic E-state index is 12.6. The normalized spacial score (nSPS) is 36.0. The Morgan fingerprint density at radius 3 is 1.32 bits per heavy atom. The quantitative estimate of drug-likeness (QED) is 0.597. The monoisotopic (exact) mass is 350 g/mol. The number of hydrogen-bond donors (Lipinski definition) is 0. The fraction of sp³-hybridized carbons (Fsp3) is 0.905. The van der Waals surface area contributed by atoms with Gasteiger partial charge in [0.05, 0.1) is 25.0 Å². The summed E-state index contributed by atoms with van der Waals surface area (Å²) in [6, 6.07) is 0. The van der Waals surface area contributed by atoms with Crippen LogP contribution in [-0.4, -0.2) is 25.2 Å². The van der Waals surface area contributed by atoms with Gasteiger partial charge in [0.25, 0.3) is 0 Å². The summed E-state index contributed by atoms with van der Waals surface area (Å²) in [5.41, 5.74) is 0. The third kappa shape index (κ3) is 4.98. The first-order valence-electron chi connectivity index (χ1n) is 10.6. The Balaban J connectivity index is 1.56. The standard InChI is InChI=1S/C21H34O4/c22-20-18-16-11-12-17(15-16)19(18)21(23)25-14-10-8-6-4-2-1-3-5-7-9-13-24-20/h16-19H,1-15H2. The molecular weight excluding hydrogens is 316 g/mol. The first-order chi connectivity index (χ1) is 12.3. The Hall–Kier alpha value is -1.06. The van der Waals surface area contributed by atoms with Crippen LogP contribution in [0.5, 0.6) is 0 Å². The zero-order valence-electron chi connectivity index (χ0n) is 15.5. The second kappa shape index (κ2) is 9.59. The number of carbonyl (C=O) groups is 2. The molecule has 4 heteroatoms. The van der Waals surface area contributed by atoms with Gasteiger partial charge in [0.15, 0.2) is 0 Å². The summed E-state index contributed by atoms with van der Waals surface area (Å²) in [7, 11) is 0. The molecule has 4 nitrogen and oxygen atoms in total. The van der Waals surface area contributed by atoms with Crippen LogP contribution >= 0.6 is 0 Å². The van der Waals surface area contributed by atoms with Crippen LogP contribution in [0.2, 0.25) is 0 Å². The highest BCUT2D eigenvalue weighted by atomic mass is 16.5. The van der Waals surface area contributed by atoms with E-state index in [-0.39, 0.29) is 23.8 Å². The smallest absolute Gasteiger partial charge is 0.310 e. The van der Waals surface area contributed by atoms with E-state index in [2.05, 4.69) is 0 Å². The van der Waals surface area contributed by atoms with Gasteiger partial charge in [-0.1, -0.05) is 51.4 Å². The van der Waals surface area contributed by atoms with E-state index in [0.29, 0.717) is 25.0 Å². The molecule has 3 fully saturated rings. The molecule has 0 aromatic heterocycles. The van der Waals surface area contributed by atoms with Gasteiger partial charge >= 0.3 is 11.9 Å². The predicted molar refractivity (Wildman–Crippen MR) is 95.9 cm³/mol. The molecule has 3 aliphatic rings. The molecule has 3 rings (SSSR count). The Kier molecular flexibility index (Phi) is 7.18. The van der Waals surface area contributed by atoms with E-state index in [1.165, 1.54) is 38.5 Å². The SMILES string of the molecule is O=C1OCCCCCCCCCCCCOC(=O)C2C3CCC(C3)C12. The van der Waals surface area contributed by atoms with E-state index in [0.717, 1.165) is 44.9 Å². The lowest BCUT2D eigenvalue weighted by atomic mass is 9.79. The molecule has 1 saturated heterocycles. The number of fused-ring (bicyclic) bond motifs is 5. The van der Waals surface area contributed by atoms with E-state index >= 15 is 0 Å². The van der Waals surface area contributed by atoms with Crippen molar-refractivity contribution in [3.63, 3.8) is 0 Å². The molecule has 1 heterocycles. The summed E-state index contributed by atoms with van der Waals surface area (Å²) in [5, 5.41) is 0. The van der Waals surface area contributed by atoms with Crippen LogP contribution in [0, 0.1) is 23.7 Å². The highest BCUT2D eigenvalue weighted by Crippen LogP contribution is 2.53. The van der Waals surface area contributed by atoms with Crippen LogP contribution < -0.4 is 0 Å². The minimum Gasteiger partial charge on any atom is -0.465 e. The first kappa shape index (κ1) is 18.7. The minimum absolute atomic E-state index is 0.143. The first-order valence-corrected chi connectivity index (χ1v) is 10.6. The Bertz CT molecular complexity index is 407. The zero-order valence-corrected chi connectivity index (χ0v) is 15.5. The summed E-state index contributed by atoms with van der Waals surface area (Å²) < 4.78 is 11.1. The van der Waals surface area contributed by atoms with Gasteiger partial charge < -0.3 is 9.47 Å². The van der Waals surface area contributed by atoms with Gasteiger partial charge in [0.2, 0.25) is 0 Å². The second-order valence-electron chi connectivity index (χ2n) is 8.26. The number of hydrogen-bond acceptors (Lipinski definition) is 4. The van der Waals surface area contributed by atoms with Crippen molar-refractivity contribution in [1.82, 2.24) is 0 Å². The summed E-state index contributed by atoms with van der Waals surface area (Å²) in [4.78, 5) is 25.2. The van der Waals surface area contributed by atoms with Crippen molar-refractivity contribution in [3.05, 3.63) is 0 Å². The highest BCUT2D eigenvalue weighted by Gasteiger charge is 2.55. The van der Waals surface area contributed by atoms with E-state index in [1.807, 2.05) is 0 Å². The van der Waals surface area contributed by atoms with Crippen LogP contribution in [0.1, 0.15) is 83.5 Å². The fourth-order valence-electron chi connectivity index (χ4n) is 5.13. The molecule has 2 aliphatic carbocycles. The van der Waals surface area contributed by atoms with Gasteiger partial charge in [0.1, 0.15) is 0 Å². The maximum Gasteiger partial charge on any atom is 0.310 e. The topological polar surface area (TPSA) is 52.6 Å². The number of ether oxygens (including phenoxy) is 2. The van der Waals surface area contributed by atoms with Crippen LogP contribution in [-0.2, 0) is 19.1 Å². The molecule has 0 spiro atoms. The zero-order chi connectivity index (χ0) is 17.5. The van der Waals surface area contributed by atoms with Gasteiger partial charge in [0, 0.05) is 0 Å². The Morgan fingerprint density at radius 1 is 0.560 bits per heavy atom. The molecule has 0 aromatic carbocycles. The largest absolute Gasteiger partial charge is 0.465 e. The van der Waals surface area contributed by atoms with Crippen molar-refractivity contribution in [2.24, 2.45) is 23.7 Å². The van der Waals surface area contributed by atoms with Crippen LogP contribution in [0.25, 0.3) is 0 Å². The average Bonchev–Trinajstić information content (AvgIpc) is 3.22. The van der Waals surface area contributed by atoms with E-state index in [9.17, 15) is 9.59 Å². The fourth-order valence-corrected chi connectivity index (χ4v) is 5.13. The summed E-state index contributed by atoms with van der Waals surface area (Å²) in [5.74, 6) is -0.109. The predicted octanol–water partition coefficient (Wildman–Crippen LogP) is 4.65. The lowest BCUT2D eigenvalue weighted by Crippen LogP contribution is -2.37. The Morgan fingerprint density at radius 2 is 0.920 bits per heavy atom. The molecule has 0 radical (unpaired) electrons. The lowest BCUT2D eigenvalue weighted by Gasteiger charge is -2.28. The third-order valence-corrected chi connectivity index (χ3v) is 6.49. The molecule has 0 aromatic rings. The van der Waals surface area contributed by atoms with E-state index in [4.69, 9.17) is 9.47 Å². The molecule has 0 amide bonds. The second-order valence-corrected chi connectivity index (χ2v) is 8.26.